The fourth-order valence-corrected chi connectivity index (χ4v) is 7.04. The van der Waals surface area contributed by atoms with Gasteiger partial charge in [0.2, 0.25) is 0 Å². The number of benzene rings is 1. The summed E-state index contributed by atoms with van der Waals surface area (Å²) in [6, 6.07) is 11.1. The third-order valence-corrected chi connectivity index (χ3v) is 10.1. The first kappa shape index (κ1) is 10.2. The van der Waals surface area contributed by atoms with E-state index in [0.29, 0.717) is 5.16 Å². The summed E-state index contributed by atoms with van der Waals surface area (Å²) in [4.78, 5) is 0. The quantitative estimate of drug-likeness (QED) is 0.619. The molecule has 1 fully saturated rings. The molecule has 1 saturated heterocycles. The van der Waals surface area contributed by atoms with Crippen LogP contribution in [0.1, 0.15) is 20.8 Å². The fourth-order valence-electron chi connectivity index (χ4n) is 2.58. The molecule has 2 rings (SSSR count). The second-order valence-corrected chi connectivity index (χ2v) is 9.68. The lowest BCUT2D eigenvalue weighted by atomic mass is 9.97. The Hall–Kier alpha value is -0.350. The zero-order valence-electron chi connectivity index (χ0n) is 9.62. The van der Waals surface area contributed by atoms with Crippen molar-refractivity contribution in [2.75, 3.05) is 12.8 Å². The standard InChI is InChI=1S/C13H20P/c1-11-10-14(4,13(11,2)3)12-8-6-5-7-9-12/h5-9,11H,10H2,1-4H3/q+1/t11-,14?/m1/s1. The Bertz CT molecular complexity index is 328. The maximum absolute atomic E-state index is 2.52. The molecule has 0 amide bonds. The largest absolute Gasteiger partial charge is 0.0942 e. The molecule has 1 heteroatoms. The minimum atomic E-state index is -0.854. The summed E-state index contributed by atoms with van der Waals surface area (Å²) >= 11 is 0. The molecule has 1 heterocycles. The van der Waals surface area contributed by atoms with Gasteiger partial charge in [0, 0.05) is 5.92 Å². The first-order valence-electron chi connectivity index (χ1n) is 5.40. The van der Waals surface area contributed by atoms with Crippen LogP contribution in [-0.4, -0.2) is 18.0 Å². The molecule has 1 aliphatic heterocycles. The Balaban J connectivity index is 2.37. The lowest BCUT2D eigenvalue weighted by Crippen LogP contribution is -2.50. The number of rotatable bonds is 1. The molecule has 0 nitrogen and oxygen atoms in total. The van der Waals surface area contributed by atoms with E-state index in [-0.39, 0.29) is 0 Å². The molecule has 0 aromatic heterocycles. The Morgan fingerprint density at radius 2 is 1.79 bits per heavy atom. The van der Waals surface area contributed by atoms with Gasteiger partial charge in [0.25, 0.3) is 0 Å². The van der Waals surface area contributed by atoms with E-state index in [4.69, 9.17) is 0 Å². The van der Waals surface area contributed by atoms with Crippen LogP contribution in [0, 0.1) is 5.92 Å². The first-order valence-corrected chi connectivity index (χ1v) is 7.82. The van der Waals surface area contributed by atoms with E-state index in [2.05, 4.69) is 57.8 Å². The molecule has 0 saturated carbocycles. The van der Waals surface area contributed by atoms with Crippen LogP contribution in [0.3, 0.4) is 0 Å². The molecular formula is C13H20P+. The third kappa shape index (κ3) is 1.17. The smallest absolute Gasteiger partial charge is 0.0620 e. The Morgan fingerprint density at radius 3 is 2.21 bits per heavy atom. The minimum absolute atomic E-state index is 0.550. The van der Waals surface area contributed by atoms with Gasteiger partial charge in [0.15, 0.2) is 0 Å². The molecule has 0 aliphatic carbocycles. The monoisotopic (exact) mass is 207 g/mol. The predicted molar refractivity (Wildman–Crippen MR) is 67.0 cm³/mol. The number of hydrogen-bond acceptors (Lipinski definition) is 0. The average molecular weight is 207 g/mol. The van der Waals surface area contributed by atoms with E-state index in [9.17, 15) is 0 Å². The second kappa shape index (κ2) is 3.07. The van der Waals surface area contributed by atoms with E-state index in [0.717, 1.165) is 5.92 Å². The maximum Gasteiger partial charge on any atom is 0.0942 e. The molecule has 76 valence electrons. The van der Waals surface area contributed by atoms with Crippen molar-refractivity contribution in [3.05, 3.63) is 30.3 Å². The average Bonchev–Trinajstić information content (AvgIpc) is 2.19. The summed E-state index contributed by atoms with van der Waals surface area (Å²) in [7, 11) is -0.854. The molecule has 1 aromatic carbocycles. The highest BCUT2D eigenvalue weighted by Gasteiger charge is 2.63. The summed E-state index contributed by atoms with van der Waals surface area (Å²) in [5.74, 6) is 0.890. The van der Waals surface area contributed by atoms with Gasteiger partial charge in [-0.05, 0) is 26.0 Å². The van der Waals surface area contributed by atoms with Gasteiger partial charge < -0.3 is 0 Å². The van der Waals surface area contributed by atoms with E-state index in [1.165, 1.54) is 6.16 Å². The highest BCUT2D eigenvalue weighted by molar-refractivity contribution is 7.85. The normalized spacial score (nSPS) is 35.0. The minimum Gasteiger partial charge on any atom is -0.0620 e. The zero-order chi connectivity index (χ0) is 10.4. The molecule has 1 aliphatic rings. The van der Waals surface area contributed by atoms with Crippen LogP contribution in [0.15, 0.2) is 30.3 Å². The predicted octanol–water partition coefficient (Wildman–Crippen LogP) is 3.39. The van der Waals surface area contributed by atoms with Crippen molar-refractivity contribution in [1.82, 2.24) is 0 Å². The Labute approximate surface area is 88.1 Å². The van der Waals surface area contributed by atoms with Crippen LogP contribution in [-0.2, 0) is 0 Å². The SMILES string of the molecule is C[C@@H]1C[P+](C)(c2ccccc2)C1(C)C. The van der Waals surface area contributed by atoms with Crippen LogP contribution in [0.4, 0.5) is 0 Å². The summed E-state index contributed by atoms with van der Waals surface area (Å²) in [5.41, 5.74) is 0. The van der Waals surface area contributed by atoms with Crippen molar-refractivity contribution in [3.8, 4) is 0 Å². The van der Waals surface area contributed by atoms with Crippen molar-refractivity contribution in [1.29, 1.82) is 0 Å². The van der Waals surface area contributed by atoms with Crippen LogP contribution in [0.5, 0.6) is 0 Å². The van der Waals surface area contributed by atoms with Gasteiger partial charge in [0.05, 0.1) is 30.5 Å². The highest BCUT2D eigenvalue weighted by atomic mass is 31.2. The van der Waals surface area contributed by atoms with Crippen LogP contribution in [0.25, 0.3) is 0 Å². The van der Waals surface area contributed by atoms with Crippen molar-refractivity contribution in [2.45, 2.75) is 25.9 Å². The van der Waals surface area contributed by atoms with Crippen molar-refractivity contribution >= 4 is 12.6 Å². The maximum atomic E-state index is 2.52. The van der Waals surface area contributed by atoms with Gasteiger partial charge in [0.1, 0.15) is 0 Å². The van der Waals surface area contributed by atoms with Crippen LogP contribution in [0.2, 0.25) is 0 Å². The zero-order valence-corrected chi connectivity index (χ0v) is 10.5. The summed E-state index contributed by atoms with van der Waals surface area (Å²) in [5, 5.41) is 2.16. The molecule has 1 aromatic rings. The molecule has 0 bridgehead atoms. The van der Waals surface area contributed by atoms with Gasteiger partial charge in [-0.15, -0.1) is 0 Å². The topological polar surface area (TPSA) is 0 Å². The Morgan fingerprint density at radius 1 is 1.21 bits per heavy atom. The van der Waals surface area contributed by atoms with Gasteiger partial charge in [-0.25, -0.2) is 0 Å². The van der Waals surface area contributed by atoms with Crippen molar-refractivity contribution < 1.29 is 0 Å². The number of hydrogen-bond donors (Lipinski definition) is 0. The van der Waals surface area contributed by atoms with E-state index >= 15 is 0 Å². The molecule has 2 atom stereocenters. The molecule has 0 spiro atoms. The molecule has 0 radical (unpaired) electrons. The second-order valence-electron chi connectivity index (χ2n) is 5.26. The van der Waals surface area contributed by atoms with E-state index in [1.54, 1.807) is 5.30 Å². The van der Waals surface area contributed by atoms with Gasteiger partial charge in [-0.3, -0.25) is 0 Å². The van der Waals surface area contributed by atoms with Crippen molar-refractivity contribution in [3.63, 3.8) is 0 Å². The van der Waals surface area contributed by atoms with Gasteiger partial charge in [-0.2, -0.15) is 0 Å². The van der Waals surface area contributed by atoms with Gasteiger partial charge >= 0.3 is 0 Å². The molecule has 1 unspecified atom stereocenters. The van der Waals surface area contributed by atoms with Crippen LogP contribution < -0.4 is 5.30 Å². The highest BCUT2D eigenvalue weighted by Crippen LogP contribution is 2.76. The lowest BCUT2D eigenvalue weighted by molar-refractivity contribution is 0.444. The summed E-state index contributed by atoms with van der Waals surface area (Å²) in [6.07, 6.45) is 1.43. The Kier molecular flexibility index (Phi) is 2.23. The van der Waals surface area contributed by atoms with E-state index in [1.807, 2.05) is 0 Å². The lowest BCUT2D eigenvalue weighted by Gasteiger charge is -2.52. The molecule has 0 N–H and O–H groups in total. The summed E-state index contributed by atoms with van der Waals surface area (Å²) in [6.45, 7) is 9.80. The first-order chi connectivity index (χ1) is 6.48. The van der Waals surface area contributed by atoms with Gasteiger partial charge in [-0.1, -0.05) is 25.1 Å². The third-order valence-electron chi connectivity index (χ3n) is 4.44. The molecule has 14 heavy (non-hydrogen) atoms. The molecular weight excluding hydrogens is 187 g/mol. The fraction of sp³-hybridized carbons (Fsp3) is 0.538. The summed E-state index contributed by atoms with van der Waals surface area (Å²) < 4.78 is 0. The van der Waals surface area contributed by atoms with Crippen LogP contribution >= 0.6 is 7.26 Å². The van der Waals surface area contributed by atoms with E-state index < -0.39 is 7.26 Å². The van der Waals surface area contributed by atoms with Crippen molar-refractivity contribution in [2.24, 2.45) is 5.92 Å².